The second-order valence-corrected chi connectivity index (χ2v) is 4.33. The van der Waals surface area contributed by atoms with Crippen LogP contribution in [0.1, 0.15) is 5.56 Å². The quantitative estimate of drug-likeness (QED) is 0.815. The van der Waals surface area contributed by atoms with E-state index in [0.29, 0.717) is 15.7 Å². The Morgan fingerprint density at radius 1 is 1.50 bits per heavy atom. The highest BCUT2D eigenvalue weighted by molar-refractivity contribution is 7.99. The lowest BCUT2D eigenvalue weighted by Gasteiger charge is -2.02. The molecular formula is C9H6ClN5S. The smallest absolute Gasteiger partial charge is 0.213 e. The molecule has 0 aliphatic carbocycles. The van der Waals surface area contributed by atoms with E-state index in [1.165, 1.54) is 16.4 Å². The molecule has 0 N–H and O–H groups in total. The molecule has 1 heterocycles. The molecule has 0 radical (unpaired) electrons. The fourth-order valence-electron chi connectivity index (χ4n) is 1.10. The Kier molecular flexibility index (Phi) is 3.08. The molecule has 2 rings (SSSR count). The summed E-state index contributed by atoms with van der Waals surface area (Å²) in [6, 6.07) is 7.34. The van der Waals surface area contributed by atoms with Gasteiger partial charge in [0.25, 0.3) is 0 Å². The van der Waals surface area contributed by atoms with Crippen LogP contribution in [0.3, 0.4) is 0 Å². The number of nitriles is 1. The van der Waals surface area contributed by atoms with E-state index >= 15 is 0 Å². The Labute approximate surface area is 101 Å². The standard InChI is InChI=1S/C9H6ClN5S/c1-15-9(12-13-14-15)16-8-4-2-3-7(10)6(8)5-11/h2-4H,1H3. The predicted octanol–water partition coefficient (Wildman–Crippen LogP) is 1.89. The highest BCUT2D eigenvalue weighted by atomic mass is 35.5. The second-order valence-electron chi connectivity index (χ2n) is 2.91. The summed E-state index contributed by atoms with van der Waals surface area (Å²) >= 11 is 7.22. The van der Waals surface area contributed by atoms with Crippen LogP contribution in [0.4, 0.5) is 0 Å². The van der Waals surface area contributed by atoms with Crippen molar-refractivity contribution >= 4 is 23.4 Å². The third-order valence-electron chi connectivity index (χ3n) is 1.87. The minimum absolute atomic E-state index is 0.433. The van der Waals surface area contributed by atoms with Crippen LogP contribution < -0.4 is 0 Å². The average molecular weight is 252 g/mol. The molecule has 5 nitrogen and oxygen atoms in total. The maximum Gasteiger partial charge on any atom is 0.213 e. The van der Waals surface area contributed by atoms with Crippen molar-refractivity contribution in [3.05, 3.63) is 28.8 Å². The van der Waals surface area contributed by atoms with Gasteiger partial charge in [0.05, 0.1) is 10.6 Å². The highest BCUT2D eigenvalue weighted by Crippen LogP contribution is 2.31. The Bertz CT molecular complexity index is 559. The van der Waals surface area contributed by atoms with Crippen LogP contribution in [0.2, 0.25) is 5.02 Å². The number of benzene rings is 1. The molecule has 0 saturated carbocycles. The number of hydrogen-bond acceptors (Lipinski definition) is 5. The third kappa shape index (κ3) is 2.01. The fourth-order valence-corrected chi connectivity index (χ4v) is 2.22. The lowest BCUT2D eigenvalue weighted by atomic mass is 10.2. The van der Waals surface area contributed by atoms with E-state index in [1.807, 2.05) is 6.07 Å². The van der Waals surface area contributed by atoms with Gasteiger partial charge >= 0.3 is 0 Å². The van der Waals surface area contributed by atoms with Gasteiger partial charge in [-0.25, -0.2) is 4.68 Å². The molecule has 16 heavy (non-hydrogen) atoms. The molecule has 0 spiro atoms. The molecule has 0 fully saturated rings. The molecule has 0 atom stereocenters. The van der Waals surface area contributed by atoms with Gasteiger partial charge in [-0.1, -0.05) is 17.7 Å². The zero-order chi connectivity index (χ0) is 11.5. The summed E-state index contributed by atoms with van der Waals surface area (Å²) in [5.74, 6) is 0. The number of rotatable bonds is 2. The van der Waals surface area contributed by atoms with Crippen LogP contribution in [0.5, 0.6) is 0 Å². The van der Waals surface area contributed by atoms with E-state index in [9.17, 15) is 0 Å². The van der Waals surface area contributed by atoms with Gasteiger partial charge in [-0.3, -0.25) is 0 Å². The fraction of sp³-hybridized carbons (Fsp3) is 0.111. The molecule has 1 aromatic heterocycles. The third-order valence-corrected chi connectivity index (χ3v) is 3.27. The van der Waals surface area contributed by atoms with Gasteiger partial charge in [-0.2, -0.15) is 5.26 Å². The number of halogens is 1. The first-order valence-electron chi connectivity index (χ1n) is 4.31. The number of aryl methyl sites for hydroxylation is 1. The molecule has 1 aromatic carbocycles. The Hall–Kier alpha value is -1.58. The van der Waals surface area contributed by atoms with E-state index in [0.717, 1.165) is 4.90 Å². The Morgan fingerprint density at radius 2 is 2.31 bits per heavy atom. The van der Waals surface area contributed by atoms with Crippen molar-refractivity contribution in [2.45, 2.75) is 10.1 Å². The molecule has 0 aliphatic rings. The first-order valence-corrected chi connectivity index (χ1v) is 5.50. The van der Waals surface area contributed by atoms with Crippen LogP contribution in [0.25, 0.3) is 0 Å². The van der Waals surface area contributed by atoms with Gasteiger partial charge in [-0.05, 0) is 34.3 Å². The van der Waals surface area contributed by atoms with Crippen LogP contribution in [-0.2, 0) is 7.05 Å². The van der Waals surface area contributed by atoms with E-state index in [-0.39, 0.29) is 0 Å². The van der Waals surface area contributed by atoms with E-state index in [2.05, 4.69) is 21.6 Å². The van der Waals surface area contributed by atoms with Crippen molar-refractivity contribution in [1.82, 2.24) is 20.2 Å². The highest BCUT2D eigenvalue weighted by Gasteiger charge is 2.11. The van der Waals surface area contributed by atoms with Crippen molar-refractivity contribution in [1.29, 1.82) is 5.26 Å². The van der Waals surface area contributed by atoms with Gasteiger partial charge in [0.2, 0.25) is 5.16 Å². The SMILES string of the molecule is Cn1nnnc1Sc1cccc(Cl)c1C#N. The average Bonchev–Trinajstić information content (AvgIpc) is 2.65. The van der Waals surface area contributed by atoms with Crippen LogP contribution in [-0.4, -0.2) is 20.2 Å². The minimum Gasteiger partial charge on any atom is -0.223 e. The summed E-state index contributed by atoms with van der Waals surface area (Å²) in [6.45, 7) is 0. The molecular weight excluding hydrogens is 246 g/mol. The molecule has 2 aromatic rings. The summed E-state index contributed by atoms with van der Waals surface area (Å²) < 4.78 is 1.53. The Balaban J connectivity index is 2.40. The summed E-state index contributed by atoms with van der Waals surface area (Å²) in [7, 11) is 1.74. The van der Waals surface area contributed by atoms with Crippen LogP contribution >= 0.6 is 23.4 Å². The van der Waals surface area contributed by atoms with Crippen molar-refractivity contribution < 1.29 is 0 Å². The van der Waals surface area contributed by atoms with Gasteiger partial charge in [0, 0.05) is 11.9 Å². The van der Waals surface area contributed by atoms with Crippen molar-refractivity contribution in [3.8, 4) is 6.07 Å². The molecule has 80 valence electrons. The Morgan fingerprint density at radius 3 is 2.94 bits per heavy atom. The van der Waals surface area contributed by atoms with Crippen LogP contribution in [0, 0.1) is 11.3 Å². The molecule has 0 saturated heterocycles. The van der Waals surface area contributed by atoms with Crippen molar-refractivity contribution in [2.24, 2.45) is 7.05 Å². The summed E-state index contributed by atoms with van der Waals surface area (Å²) in [5.41, 5.74) is 0.442. The van der Waals surface area contributed by atoms with Crippen molar-refractivity contribution in [2.75, 3.05) is 0 Å². The predicted molar refractivity (Wildman–Crippen MR) is 59.1 cm³/mol. The van der Waals surface area contributed by atoms with Gasteiger partial charge in [-0.15, -0.1) is 5.10 Å². The van der Waals surface area contributed by atoms with Gasteiger partial charge in [0.1, 0.15) is 6.07 Å². The number of hydrogen-bond donors (Lipinski definition) is 0. The number of tetrazole rings is 1. The minimum atomic E-state index is 0.433. The monoisotopic (exact) mass is 251 g/mol. The maximum atomic E-state index is 8.99. The number of nitrogens with zero attached hydrogens (tertiary/aromatic N) is 5. The zero-order valence-corrected chi connectivity index (χ0v) is 9.83. The molecule has 0 unspecified atom stereocenters. The first-order chi connectivity index (χ1) is 7.72. The second kappa shape index (κ2) is 4.51. The normalized spacial score (nSPS) is 10.1. The van der Waals surface area contributed by atoms with Crippen molar-refractivity contribution in [3.63, 3.8) is 0 Å². The van der Waals surface area contributed by atoms with E-state index in [1.54, 1.807) is 19.2 Å². The lowest BCUT2D eigenvalue weighted by Crippen LogP contribution is -1.93. The van der Waals surface area contributed by atoms with E-state index < -0.39 is 0 Å². The summed E-state index contributed by atoms with van der Waals surface area (Å²) in [4.78, 5) is 0.743. The first kappa shape index (κ1) is 10.9. The molecule has 0 bridgehead atoms. The summed E-state index contributed by atoms with van der Waals surface area (Å²) in [5, 5.41) is 21.1. The number of aromatic nitrogens is 4. The van der Waals surface area contributed by atoms with E-state index in [4.69, 9.17) is 16.9 Å². The van der Waals surface area contributed by atoms with Crippen LogP contribution in [0.15, 0.2) is 28.3 Å². The van der Waals surface area contributed by atoms with Gasteiger partial charge in [0.15, 0.2) is 0 Å². The zero-order valence-electron chi connectivity index (χ0n) is 8.25. The summed E-state index contributed by atoms with van der Waals surface area (Å²) in [6.07, 6.45) is 0. The molecule has 7 heteroatoms. The largest absolute Gasteiger partial charge is 0.223 e. The van der Waals surface area contributed by atoms with Gasteiger partial charge < -0.3 is 0 Å². The maximum absolute atomic E-state index is 8.99. The molecule has 0 amide bonds. The molecule has 0 aliphatic heterocycles. The lowest BCUT2D eigenvalue weighted by molar-refractivity contribution is 0.664. The topological polar surface area (TPSA) is 67.4 Å².